The molecule has 4 saturated carbocycles. The fraction of sp³-hybridized carbons (Fsp3) is 0.955. The summed E-state index contributed by atoms with van der Waals surface area (Å²) in [5, 5.41) is 20.8. The molecule has 5 rings (SSSR count). The van der Waals surface area contributed by atoms with E-state index in [2.05, 4.69) is 13.8 Å². The highest BCUT2D eigenvalue weighted by atomic mass is 16.6. The molecule has 4 aliphatic carbocycles. The van der Waals surface area contributed by atoms with Gasteiger partial charge in [0.05, 0.1) is 5.60 Å². The monoisotopic (exact) mass is 362 g/mol. The minimum atomic E-state index is -0.609. The van der Waals surface area contributed by atoms with Crippen LogP contribution in [-0.2, 0) is 9.53 Å². The molecule has 0 bridgehead atoms. The first-order chi connectivity index (χ1) is 12.3. The normalized spacial score (nSPS) is 57.8. The average Bonchev–Trinajstić information content (AvgIpc) is 3.31. The number of Topliss-reactive ketones (excluding diaryl/α,β-unsaturated/α-hetero) is 1. The van der Waals surface area contributed by atoms with Gasteiger partial charge in [0.2, 0.25) is 0 Å². The molecule has 1 spiro atoms. The van der Waals surface area contributed by atoms with E-state index in [1.54, 1.807) is 0 Å². The number of aliphatic hydroxyl groups excluding tert-OH is 1. The van der Waals surface area contributed by atoms with E-state index in [0.717, 1.165) is 51.4 Å². The van der Waals surface area contributed by atoms with Crippen molar-refractivity contribution < 1.29 is 19.7 Å². The zero-order valence-corrected chi connectivity index (χ0v) is 16.3. The summed E-state index contributed by atoms with van der Waals surface area (Å²) in [6.45, 7) is 4.90. The second kappa shape index (κ2) is 5.33. The summed E-state index contributed by atoms with van der Waals surface area (Å²) in [6.07, 6.45) is 9.41. The van der Waals surface area contributed by atoms with Gasteiger partial charge >= 0.3 is 0 Å². The van der Waals surface area contributed by atoms with E-state index in [1.165, 1.54) is 0 Å². The molecule has 26 heavy (non-hydrogen) atoms. The van der Waals surface area contributed by atoms with E-state index in [-0.39, 0.29) is 29.1 Å². The standard InChI is InChI=1S/C22H34O4/c1-19-9-5-16-14(15(19)6-11-21(19,25)8-3-13-23)4-12-22-18(26-22)17(24)7-10-20(16,22)2/h14-16,18,23,25H,3-13H2,1-2H3/t14-,15-,16-,18-,19-,20+,21-,22-/m0/s1. The Labute approximate surface area is 156 Å². The first-order valence-electron chi connectivity index (χ1n) is 10.9. The molecule has 8 atom stereocenters. The fourth-order valence-electron chi connectivity index (χ4n) is 8.39. The molecule has 0 aromatic rings. The van der Waals surface area contributed by atoms with E-state index in [4.69, 9.17) is 4.74 Å². The van der Waals surface area contributed by atoms with Crippen molar-refractivity contribution >= 4 is 5.78 Å². The van der Waals surface area contributed by atoms with Crippen LogP contribution in [0, 0.1) is 28.6 Å². The summed E-state index contributed by atoms with van der Waals surface area (Å²) >= 11 is 0. The van der Waals surface area contributed by atoms with Gasteiger partial charge in [0.1, 0.15) is 11.7 Å². The van der Waals surface area contributed by atoms with Crippen LogP contribution < -0.4 is 0 Å². The number of aliphatic hydroxyl groups is 2. The Morgan fingerprint density at radius 3 is 2.54 bits per heavy atom. The minimum absolute atomic E-state index is 0.0154. The molecular formula is C22H34O4. The van der Waals surface area contributed by atoms with E-state index in [9.17, 15) is 15.0 Å². The minimum Gasteiger partial charge on any atom is -0.396 e. The molecule has 0 unspecified atom stereocenters. The zero-order valence-electron chi connectivity index (χ0n) is 16.3. The van der Waals surface area contributed by atoms with E-state index >= 15 is 0 Å². The second-order valence-corrected chi connectivity index (χ2v) is 10.5. The zero-order chi connectivity index (χ0) is 18.4. The van der Waals surface area contributed by atoms with E-state index in [1.807, 2.05) is 0 Å². The van der Waals surface area contributed by atoms with E-state index in [0.29, 0.717) is 36.4 Å². The van der Waals surface area contributed by atoms with Gasteiger partial charge in [0.25, 0.3) is 0 Å². The SMILES string of the molecule is C[C@]12CC[C@H]3[C@@H](CC[C@]45O[C@H]4C(=O)CC[C@]35C)[C@@H]1CC[C@@]2(O)CCCO. The summed E-state index contributed by atoms with van der Waals surface area (Å²) in [5.74, 6) is 2.20. The number of ketones is 1. The van der Waals surface area contributed by atoms with Crippen molar-refractivity contribution in [3.8, 4) is 0 Å². The van der Waals surface area contributed by atoms with Crippen LogP contribution in [0.1, 0.15) is 78.1 Å². The first kappa shape index (κ1) is 17.6. The lowest BCUT2D eigenvalue weighted by molar-refractivity contribution is -0.156. The number of carbonyl (C=O) groups is 1. The third-order valence-corrected chi connectivity index (χ3v) is 10.0. The maximum Gasteiger partial charge on any atom is 0.164 e. The summed E-state index contributed by atoms with van der Waals surface area (Å²) in [6, 6.07) is 0. The van der Waals surface area contributed by atoms with Gasteiger partial charge in [-0.25, -0.2) is 0 Å². The van der Waals surface area contributed by atoms with Crippen molar-refractivity contribution in [2.75, 3.05) is 6.61 Å². The molecule has 0 aromatic carbocycles. The third-order valence-electron chi connectivity index (χ3n) is 10.0. The Hall–Kier alpha value is -0.450. The highest BCUT2D eigenvalue weighted by Gasteiger charge is 2.77. The van der Waals surface area contributed by atoms with Crippen molar-refractivity contribution in [1.29, 1.82) is 0 Å². The Morgan fingerprint density at radius 1 is 1.04 bits per heavy atom. The average molecular weight is 363 g/mol. The molecule has 1 heterocycles. The third kappa shape index (κ3) is 1.89. The summed E-state index contributed by atoms with van der Waals surface area (Å²) in [5.41, 5.74) is -0.633. The number of carbonyl (C=O) groups excluding carboxylic acids is 1. The molecule has 5 aliphatic rings. The quantitative estimate of drug-likeness (QED) is 0.756. The van der Waals surface area contributed by atoms with Crippen molar-refractivity contribution in [1.82, 2.24) is 0 Å². The fourth-order valence-corrected chi connectivity index (χ4v) is 8.39. The van der Waals surface area contributed by atoms with E-state index < -0.39 is 5.60 Å². The lowest BCUT2D eigenvalue weighted by Gasteiger charge is -2.60. The highest BCUT2D eigenvalue weighted by Crippen LogP contribution is 2.73. The van der Waals surface area contributed by atoms with Gasteiger partial charge in [-0.3, -0.25) is 4.79 Å². The number of rotatable bonds is 3. The van der Waals surface area contributed by atoms with Crippen LogP contribution in [0.25, 0.3) is 0 Å². The Morgan fingerprint density at radius 2 is 1.77 bits per heavy atom. The molecule has 5 fully saturated rings. The van der Waals surface area contributed by atoms with Gasteiger partial charge in [-0.1, -0.05) is 13.8 Å². The Kier molecular flexibility index (Phi) is 3.61. The molecular weight excluding hydrogens is 328 g/mol. The van der Waals surface area contributed by atoms with Crippen LogP contribution >= 0.6 is 0 Å². The first-order valence-corrected chi connectivity index (χ1v) is 10.9. The summed E-state index contributed by atoms with van der Waals surface area (Å²) < 4.78 is 6.14. The predicted octanol–water partition coefficient (Wildman–Crippen LogP) is 3.23. The predicted molar refractivity (Wildman–Crippen MR) is 97.5 cm³/mol. The van der Waals surface area contributed by atoms with Gasteiger partial charge in [-0.15, -0.1) is 0 Å². The van der Waals surface area contributed by atoms with Gasteiger partial charge in [-0.2, -0.15) is 0 Å². The van der Waals surface area contributed by atoms with Crippen LogP contribution in [0.4, 0.5) is 0 Å². The molecule has 4 heteroatoms. The van der Waals surface area contributed by atoms with Gasteiger partial charge < -0.3 is 14.9 Å². The van der Waals surface area contributed by atoms with Crippen molar-refractivity contribution in [3.63, 3.8) is 0 Å². The molecule has 4 nitrogen and oxygen atoms in total. The lowest BCUT2D eigenvalue weighted by atomic mass is 9.44. The topological polar surface area (TPSA) is 70.1 Å². The number of fused-ring (bicyclic) bond motifs is 4. The number of ether oxygens (including phenoxy) is 1. The van der Waals surface area contributed by atoms with Gasteiger partial charge in [0.15, 0.2) is 5.78 Å². The Balaban J connectivity index is 1.44. The lowest BCUT2D eigenvalue weighted by Crippen LogP contribution is -2.59. The van der Waals surface area contributed by atoms with Crippen LogP contribution in [0.5, 0.6) is 0 Å². The van der Waals surface area contributed by atoms with Crippen LogP contribution in [0.15, 0.2) is 0 Å². The second-order valence-electron chi connectivity index (χ2n) is 10.5. The Bertz CT molecular complexity index is 634. The maximum atomic E-state index is 12.2. The number of hydrogen-bond donors (Lipinski definition) is 2. The molecule has 0 radical (unpaired) electrons. The van der Waals surface area contributed by atoms with Crippen molar-refractivity contribution in [3.05, 3.63) is 0 Å². The molecule has 1 aliphatic heterocycles. The largest absolute Gasteiger partial charge is 0.396 e. The molecule has 2 N–H and O–H groups in total. The molecule has 0 aromatic heterocycles. The highest BCUT2D eigenvalue weighted by molar-refractivity contribution is 5.88. The van der Waals surface area contributed by atoms with Crippen LogP contribution in [0.2, 0.25) is 0 Å². The molecule has 146 valence electrons. The maximum absolute atomic E-state index is 12.2. The number of hydrogen-bond acceptors (Lipinski definition) is 4. The van der Waals surface area contributed by atoms with Gasteiger partial charge in [-0.05, 0) is 81.0 Å². The van der Waals surface area contributed by atoms with Crippen LogP contribution in [0.3, 0.4) is 0 Å². The summed E-state index contributed by atoms with van der Waals surface area (Å²) in [4.78, 5) is 12.2. The van der Waals surface area contributed by atoms with Gasteiger partial charge in [0, 0.05) is 18.4 Å². The summed E-state index contributed by atoms with van der Waals surface area (Å²) in [7, 11) is 0. The van der Waals surface area contributed by atoms with Crippen molar-refractivity contribution in [2.24, 2.45) is 28.6 Å². The number of epoxide rings is 1. The smallest absolute Gasteiger partial charge is 0.164 e. The molecule has 1 saturated heterocycles. The van der Waals surface area contributed by atoms with Crippen LogP contribution in [-0.4, -0.2) is 39.9 Å². The molecule has 0 amide bonds. The van der Waals surface area contributed by atoms with Crippen molar-refractivity contribution in [2.45, 2.75) is 95.4 Å².